The van der Waals surface area contributed by atoms with E-state index < -0.39 is 0 Å². The van der Waals surface area contributed by atoms with Crippen LogP contribution in [-0.4, -0.2) is 34.7 Å². The zero-order valence-electron chi connectivity index (χ0n) is 19.9. The normalized spacial score (nSPS) is 18.3. The maximum absolute atomic E-state index is 13.9. The summed E-state index contributed by atoms with van der Waals surface area (Å²) >= 11 is 0. The average molecular weight is 443 g/mol. The predicted octanol–water partition coefficient (Wildman–Crippen LogP) is 4.96. The molecular weight excluding hydrogens is 408 g/mol. The number of benzene rings is 1. The Bertz CT molecular complexity index is 1180. The maximum Gasteiger partial charge on any atom is 0.260 e. The average Bonchev–Trinajstić information content (AvgIpc) is 3.58. The Kier molecular flexibility index (Phi) is 6.07. The van der Waals surface area contributed by atoms with Gasteiger partial charge in [0.05, 0.1) is 5.56 Å². The van der Waals surface area contributed by atoms with Crippen LogP contribution in [0, 0.1) is 0 Å². The fourth-order valence-electron chi connectivity index (χ4n) is 5.08. The van der Waals surface area contributed by atoms with E-state index in [0.717, 1.165) is 54.0 Å². The van der Waals surface area contributed by atoms with E-state index in [1.807, 2.05) is 36.1 Å². The molecule has 0 amide bonds. The summed E-state index contributed by atoms with van der Waals surface area (Å²) in [4.78, 5) is 20.5. The van der Waals surface area contributed by atoms with Gasteiger partial charge in [-0.1, -0.05) is 38.1 Å². The largest absolute Gasteiger partial charge is 0.354 e. The molecule has 3 aromatic rings. The van der Waals surface area contributed by atoms with Gasteiger partial charge in [-0.05, 0) is 72.1 Å². The SMILES string of the molecule is CC(C)NCC1CCCN1c1cc(-c2ccncc2)c(-c2cccc(C3CC3)c2)c(=O)n1C. The van der Waals surface area contributed by atoms with Gasteiger partial charge in [0.15, 0.2) is 0 Å². The van der Waals surface area contributed by atoms with E-state index >= 15 is 0 Å². The molecule has 1 aliphatic heterocycles. The minimum absolute atomic E-state index is 0.0646. The number of hydrogen-bond acceptors (Lipinski definition) is 4. The van der Waals surface area contributed by atoms with Gasteiger partial charge in [-0.3, -0.25) is 14.3 Å². The van der Waals surface area contributed by atoms with Gasteiger partial charge in [-0.2, -0.15) is 0 Å². The number of hydrogen-bond donors (Lipinski definition) is 1. The molecule has 5 nitrogen and oxygen atoms in total. The standard InChI is InChI=1S/C28H34N4O/c1-19(2)30-18-24-8-5-15-32(24)26-17-25(21-11-13-29-14-12-21)27(28(33)31(26)3)23-7-4-6-22(16-23)20-9-10-20/h4,6-7,11-14,16-17,19-20,24,30H,5,8-10,15,18H2,1-3H3. The Morgan fingerprint density at radius 1 is 1.06 bits per heavy atom. The smallest absolute Gasteiger partial charge is 0.260 e. The number of pyridine rings is 2. The Labute approximate surface area is 196 Å². The highest BCUT2D eigenvalue weighted by Gasteiger charge is 2.29. The number of anilines is 1. The third kappa shape index (κ3) is 4.47. The molecule has 2 fully saturated rings. The van der Waals surface area contributed by atoms with Gasteiger partial charge < -0.3 is 10.2 Å². The van der Waals surface area contributed by atoms with E-state index in [-0.39, 0.29) is 5.56 Å². The lowest BCUT2D eigenvalue weighted by molar-refractivity contribution is 0.519. The van der Waals surface area contributed by atoms with Crippen LogP contribution in [0.15, 0.2) is 59.7 Å². The predicted molar refractivity (Wildman–Crippen MR) is 136 cm³/mol. The van der Waals surface area contributed by atoms with Gasteiger partial charge in [-0.15, -0.1) is 0 Å². The first-order valence-electron chi connectivity index (χ1n) is 12.3. The fraction of sp³-hybridized carbons (Fsp3) is 0.429. The minimum Gasteiger partial charge on any atom is -0.354 e. The van der Waals surface area contributed by atoms with Gasteiger partial charge in [0, 0.05) is 44.6 Å². The molecule has 5 heteroatoms. The van der Waals surface area contributed by atoms with Crippen molar-refractivity contribution in [3.05, 3.63) is 70.8 Å². The van der Waals surface area contributed by atoms with Crippen molar-refractivity contribution < 1.29 is 0 Å². The van der Waals surface area contributed by atoms with Crippen molar-refractivity contribution in [2.45, 2.75) is 57.5 Å². The van der Waals surface area contributed by atoms with E-state index in [1.165, 1.54) is 18.4 Å². The summed E-state index contributed by atoms with van der Waals surface area (Å²) in [5.74, 6) is 1.65. The van der Waals surface area contributed by atoms with Gasteiger partial charge in [-0.25, -0.2) is 0 Å². The summed E-state index contributed by atoms with van der Waals surface area (Å²) in [5, 5.41) is 3.59. The summed E-state index contributed by atoms with van der Waals surface area (Å²) in [7, 11) is 1.92. The maximum atomic E-state index is 13.9. The second kappa shape index (κ2) is 9.14. The molecule has 2 aromatic heterocycles. The van der Waals surface area contributed by atoms with Crippen molar-refractivity contribution >= 4 is 5.82 Å². The lowest BCUT2D eigenvalue weighted by Crippen LogP contribution is -2.42. The molecule has 0 radical (unpaired) electrons. The molecule has 0 spiro atoms. The molecule has 1 N–H and O–H groups in total. The van der Waals surface area contributed by atoms with E-state index in [0.29, 0.717) is 18.0 Å². The summed E-state index contributed by atoms with van der Waals surface area (Å²) in [6.45, 7) is 6.27. The van der Waals surface area contributed by atoms with Crippen LogP contribution in [0.3, 0.4) is 0 Å². The van der Waals surface area contributed by atoms with E-state index in [1.54, 1.807) is 0 Å². The third-order valence-electron chi connectivity index (χ3n) is 7.05. The van der Waals surface area contributed by atoms with Crippen molar-refractivity contribution in [3.63, 3.8) is 0 Å². The van der Waals surface area contributed by atoms with Crippen molar-refractivity contribution in [2.24, 2.45) is 7.05 Å². The zero-order valence-corrected chi connectivity index (χ0v) is 19.9. The van der Waals surface area contributed by atoms with Crippen LogP contribution in [0.2, 0.25) is 0 Å². The highest BCUT2D eigenvalue weighted by Crippen LogP contribution is 2.42. The highest BCUT2D eigenvalue weighted by molar-refractivity contribution is 5.85. The van der Waals surface area contributed by atoms with E-state index in [2.05, 4.69) is 59.4 Å². The van der Waals surface area contributed by atoms with Crippen LogP contribution in [0.5, 0.6) is 0 Å². The van der Waals surface area contributed by atoms with Crippen molar-refractivity contribution in [1.29, 1.82) is 0 Å². The monoisotopic (exact) mass is 442 g/mol. The second-order valence-corrected chi connectivity index (χ2v) is 9.84. The van der Waals surface area contributed by atoms with Crippen molar-refractivity contribution in [1.82, 2.24) is 14.9 Å². The Hall–Kier alpha value is -2.92. The molecule has 1 saturated carbocycles. The van der Waals surface area contributed by atoms with E-state index in [9.17, 15) is 4.79 Å². The van der Waals surface area contributed by atoms with Crippen molar-refractivity contribution in [3.8, 4) is 22.3 Å². The number of aromatic nitrogens is 2. The van der Waals surface area contributed by atoms with Crippen LogP contribution in [0.4, 0.5) is 5.82 Å². The molecule has 1 aromatic carbocycles. The Morgan fingerprint density at radius 2 is 1.85 bits per heavy atom. The second-order valence-electron chi connectivity index (χ2n) is 9.84. The summed E-state index contributed by atoms with van der Waals surface area (Å²) in [6.07, 6.45) is 8.40. The summed E-state index contributed by atoms with van der Waals surface area (Å²) in [5.41, 5.74) is 5.23. The van der Waals surface area contributed by atoms with Crippen LogP contribution in [-0.2, 0) is 7.05 Å². The molecule has 1 saturated heterocycles. The van der Waals surface area contributed by atoms with Gasteiger partial charge >= 0.3 is 0 Å². The first-order valence-corrected chi connectivity index (χ1v) is 12.3. The van der Waals surface area contributed by atoms with Crippen LogP contribution < -0.4 is 15.8 Å². The summed E-state index contributed by atoms with van der Waals surface area (Å²) in [6, 6.07) is 15.7. The molecule has 1 aliphatic carbocycles. The van der Waals surface area contributed by atoms with Gasteiger partial charge in [0.2, 0.25) is 0 Å². The number of rotatable bonds is 7. The van der Waals surface area contributed by atoms with Gasteiger partial charge in [0.1, 0.15) is 5.82 Å². The summed E-state index contributed by atoms with van der Waals surface area (Å²) < 4.78 is 1.86. The lowest BCUT2D eigenvalue weighted by atomic mass is 9.94. The van der Waals surface area contributed by atoms with E-state index in [4.69, 9.17) is 0 Å². The Balaban J connectivity index is 1.64. The molecule has 1 unspecified atom stereocenters. The van der Waals surface area contributed by atoms with Crippen LogP contribution >= 0.6 is 0 Å². The highest BCUT2D eigenvalue weighted by atomic mass is 16.1. The molecule has 2 aliphatic rings. The zero-order chi connectivity index (χ0) is 22.9. The lowest BCUT2D eigenvalue weighted by Gasteiger charge is -2.30. The first kappa shape index (κ1) is 21.9. The van der Waals surface area contributed by atoms with Gasteiger partial charge in [0.25, 0.3) is 5.56 Å². The van der Waals surface area contributed by atoms with Crippen molar-refractivity contribution in [2.75, 3.05) is 18.0 Å². The molecule has 5 rings (SSSR count). The fourth-order valence-corrected chi connectivity index (χ4v) is 5.08. The molecule has 172 valence electrons. The van der Waals surface area contributed by atoms with Crippen LogP contribution in [0.25, 0.3) is 22.3 Å². The molecular formula is C28H34N4O. The molecule has 1 atom stereocenters. The third-order valence-corrected chi connectivity index (χ3v) is 7.05. The quantitative estimate of drug-likeness (QED) is 0.562. The first-order chi connectivity index (χ1) is 16.0. The van der Waals surface area contributed by atoms with Crippen LogP contribution in [0.1, 0.15) is 51.0 Å². The topological polar surface area (TPSA) is 50.2 Å². The minimum atomic E-state index is 0.0646. The molecule has 33 heavy (non-hydrogen) atoms. The Morgan fingerprint density at radius 3 is 2.58 bits per heavy atom. The number of nitrogens with zero attached hydrogens (tertiary/aromatic N) is 3. The number of nitrogens with one attached hydrogen (secondary N) is 1. The molecule has 3 heterocycles. The molecule has 0 bridgehead atoms.